The molecule has 130 valence electrons. The molecule has 0 radical (unpaired) electrons. The van der Waals surface area contributed by atoms with Gasteiger partial charge in [0.1, 0.15) is 12.0 Å². The third-order valence-electron chi connectivity index (χ3n) is 5.23. The van der Waals surface area contributed by atoms with Crippen LogP contribution in [0.25, 0.3) is 0 Å². The molecule has 2 aliphatic heterocycles. The lowest BCUT2D eigenvalue weighted by Crippen LogP contribution is -2.45. The quantitative estimate of drug-likeness (QED) is 0.919. The van der Waals surface area contributed by atoms with Gasteiger partial charge in [-0.1, -0.05) is 18.2 Å². The van der Waals surface area contributed by atoms with E-state index in [1.54, 1.807) is 13.3 Å². The largest absolute Gasteiger partial charge is 0.493 e. The average molecular weight is 340 g/mol. The number of carbonyl (C=O) groups is 1. The van der Waals surface area contributed by atoms with Crippen molar-refractivity contribution in [2.75, 3.05) is 26.8 Å². The molecule has 1 aromatic carbocycles. The van der Waals surface area contributed by atoms with Crippen molar-refractivity contribution in [1.82, 2.24) is 9.88 Å². The Bertz CT molecular complexity index is 795. The van der Waals surface area contributed by atoms with Gasteiger partial charge in [0.25, 0.3) is 0 Å². The highest BCUT2D eigenvalue weighted by molar-refractivity contribution is 5.79. The molecule has 0 unspecified atom stereocenters. The maximum Gasteiger partial charge on any atom is 0.315 e. The van der Waals surface area contributed by atoms with Gasteiger partial charge in [0.2, 0.25) is 0 Å². The number of ether oxygens (including phenoxy) is 2. The number of likely N-dealkylation sites (tertiary alicyclic amines) is 1. The number of carboxylic acids is 1. The number of aromatic nitrogens is 1. The minimum Gasteiger partial charge on any atom is -0.493 e. The van der Waals surface area contributed by atoms with Crippen molar-refractivity contribution < 1.29 is 19.4 Å². The van der Waals surface area contributed by atoms with E-state index in [4.69, 9.17) is 9.47 Å². The van der Waals surface area contributed by atoms with E-state index >= 15 is 0 Å². The van der Waals surface area contributed by atoms with E-state index < -0.39 is 11.4 Å². The number of nitrogens with zero attached hydrogens (tertiary/aromatic N) is 2. The Hall–Kier alpha value is -2.60. The number of benzene rings is 1. The molecular formula is C19H20N2O4. The van der Waals surface area contributed by atoms with Gasteiger partial charge < -0.3 is 14.6 Å². The number of methoxy groups -OCH3 is 1. The molecule has 0 bridgehead atoms. The second-order valence-corrected chi connectivity index (χ2v) is 6.67. The molecule has 4 rings (SSSR count). The monoisotopic (exact) mass is 340 g/mol. The second kappa shape index (κ2) is 6.04. The maximum atomic E-state index is 12.2. The van der Waals surface area contributed by atoms with Crippen LogP contribution in [0.1, 0.15) is 17.2 Å². The maximum absolute atomic E-state index is 12.2. The van der Waals surface area contributed by atoms with E-state index in [-0.39, 0.29) is 12.5 Å². The second-order valence-electron chi connectivity index (χ2n) is 6.67. The zero-order chi connectivity index (χ0) is 17.4. The van der Waals surface area contributed by atoms with Crippen LogP contribution in [0, 0.1) is 5.41 Å². The van der Waals surface area contributed by atoms with E-state index in [1.807, 2.05) is 36.4 Å². The van der Waals surface area contributed by atoms with Crippen LogP contribution in [0.3, 0.4) is 0 Å². The lowest BCUT2D eigenvalue weighted by molar-refractivity contribution is -0.152. The normalized spacial score (nSPS) is 24.9. The molecule has 0 saturated carbocycles. The van der Waals surface area contributed by atoms with Gasteiger partial charge in [0, 0.05) is 37.3 Å². The van der Waals surface area contributed by atoms with Crippen LogP contribution in [-0.2, 0) is 11.3 Å². The smallest absolute Gasteiger partial charge is 0.315 e. The summed E-state index contributed by atoms with van der Waals surface area (Å²) in [7, 11) is 1.60. The van der Waals surface area contributed by atoms with Crippen LogP contribution < -0.4 is 9.47 Å². The Kier molecular flexibility index (Phi) is 3.84. The van der Waals surface area contributed by atoms with Crippen molar-refractivity contribution in [3.05, 3.63) is 53.9 Å². The standard InChI is InChI=1S/C19H20N2O4/c1-24-16-7-4-6-14-15-10-21(9-13-5-2-3-8-20-13)11-19(15,18(22)23)12-25-17(14)16/h2-8,15H,9-12H2,1H3,(H,22,23)/t15-,19-/m1/s1. The lowest BCUT2D eigenvalue weighted by atomic mass is 9.73. The Labute approximate surface area is 146 Å². The summed E-state index contributed by atoms with van der Waals surface area (Å²) in [5.41, 5.74) is 0.915. The summed E-state index contributed by atoms with van der Waals surface area (Å²) < 4.78 is 11.3. The van der Waals surface area contributed by atoms with Gasteiger partial charge in [-0.25, -0.2) is 0 Å². The van der Waals surface area contributed by atoms with Crippen molar-refractivity contribution in [2.45, 2.75) is 12.5 Å². The third kappa shape index (κ3) is 2.53. The molecule has 2 aliphatic rings. The summed E-state index contributed by atoms with van der Waals surface area (Å²) in [5, 5.41) is 9.98. The van der Waals surface area contributed by atoms with Gasteiger partial charge in [-0.3, -0.25) is 14.7 Å². The molecule has 0 aliphatic carbocycles. The molecule has 2 aromatic rings. The van der Waals surface area contributed by atoms with Crippen molar-refractivity contribution >= 4 is 5.97 Å². The first kappa shape index (κ1) is 15.9. The van der Waals surface area contributed by atoms with Crippen LogP contribution >= 0.6 is 0 Å². The fourth-order valence-corrected chi connectivity index (χ4v) is 3.99. The zero-order valence-electron chi connectivity index (χ0n) is 14.0. The summed E-state index contributed by atoms with van der Waals surface area (Å²) in [6, 6.07) is 11.5. The van der Waals surface area contributed by atoms with Crippen molar-refractivity contribution in [3.63, 3.8) is 0 Å². The van der Waals surface area contributed by atoms with E-state index in [1.165, 1.54) is 0 Å². The first-order valence-corrected chi connectivity index (χ1v) is 8.29. The molecule has 6 nitrogen and oxygen atoms in total. The predicted octanol–water partition coefficient (Wildman–Crippen LogP) is 2.15. The SMILES string of the molecule is COc1cccc2c1OC[C@]1(C(=O)O)CN(Cc3ccccn3)C[C@H]21. The minimum absolute atomic E-state index is 0.132. The van der Waals surface area contributed by atoms with Crippen molar-refractivity contribution in [2.24, 2.45) is 5.41 Å². The fraction of sp³-hybridized carbons (Fsp3) is 0.368. The number of hydrogen-bond donors (Lipinski definition) is 1. The summed E-state index contributed by atoms with van der Waals surface area (Å²) in [5.74, 6) is 0.383. The molecule has 2 atom stereocenters. The van der Waals surface area contributed by atoms with Gasteiger partial charge >= 0.3 is 5.97 Å². The average Bonchev–Trinajstić information content (AvgIpc) is 3.02. The minimum atomic E-state index is -0.936. The van der Waals surface area contributed by atoms with Crippen LogP contribution in [-0.4, -0.2) is 47.8 Å². The van der Waals surface area contributed by atoms with Crippen LogP contribution in [0.5, 0.6) is 11.5 Å². The zero-order valence-corrected chi connectivity index (χ0v) is 14.0. The van der Waals surface area contributed by atoms with Crippen molar-refractivity contribution in [1.29, 1.82) is 0 Å². The number of rotatable bonds is 4. The van der Waals surface area contributed by atoms with Gasteiger partial charge in [-0.15, -0.1) is 0 Å². The summed E-state index contributed by atoms with van der Waals surface area (Å²) >= 11 is 0. The van der Waals surface area contributed by atoms with E-state index in [0.29, 0.717) is 31.1 Å². The van der Waals surface area contributed by atoms with Gasteiger partial charge in [0.05, 0.1) is 12.8 Å². The first-order chi connectivity index (χ1) is 12.1. The van der Waals surface area contributed by atoms with E-state index in [0.717, 1.165) is 11.3 Å². The van der Waals surface area contributed by atoms with Crippen LogP contribution in [0.15, 0.2) is 42.6 Å². The molecule has 0 amide bonds. The number of carboxylic acid groups (broad SMARTS) is 1. The number of para-hydroxylation sites is 1. The van der Waals surface area contributed by atoms with Crippen LogP contribution in [0.2, 0.25) is 0 Å². The molecular weight excluding hydrogens is 320 g/mol. The molecule has 1 fully saturated rings. The first-order valence-electron chi connectivity index (χ1n) is 8.29. The highest BCUT2D eigenvalue weighted by Crippen LogP contribution is 2.52. The topological polar surface area (TPSA) is 71.9 Å². The number of aliphatic carboxylic acids is 1. The van der Waals surface area contributed by atoms with Gasteiger partial charge in [-0.2, -0.15) is 0 Å². The Morgan fingerprint density at radius 1 is 1.40 bits per heavy atom. The summed E-state index contributed by atoms with van der Waals surface area (Å²) in [4.78, 5) is 18.7. The Balaban J connectivity index is 1.69. The van der Waals surface area contributed by atoms with E-state index in [9.17, 15) is 9.90 Å². The Morgan fingerprint density at radius 3 is 3.00 bits per heavy atom. The summed E-state index contributed by atoms with van der Waals surface area (Å²) in [6.45, 7) is 1.89. The molecule has 0 spiro atoms. The highest BCUT2D eigenvalue weighted by Gasteiger charge is 2.56. The van der Waals surface area contributed by atoms with Gasteiger partial charge in [-0.05, 0) is 18.2 Å². The lowest BCUT2D eigenvalue weighted by Gasteiger charge is -2.36. The highest BCUT2D eigenvalue weighted by atomic mass is 16.5. The molecule has 6 heteroatoms. The number of fused-ring (bicyclic) bond motifs is 3. The third-order valence-corrected chi connectivity index (χ3v) is 5.23. The van der Waals surface area contributed by atoms with E-state index in [2.05, 4.69) is 9.88 Å². The fourth-order valence-electron chi connectivity index (χ4n) is 3.99. The van der Waals surface area contributed by atoms with Crippen LogP contribution in [0.4, 0.5) is 0 Å². The molecule has 25 heavy (non-hydrogen) atoms. The number of pyridine rings is 1. The molecule has 1 saturated heterocycles. The molecule has 1 aromatic heterocycles. The predicted molar refractivity (Wildman–Crippen MR) is 90.8 cm³/mol. The molecule has 3 heterocycles. The Morgan fingerprint density at radius 2 is 2.28 bits per heavy atom. The molecule has 1 N–H and O–H groups in total. The number of hydrogen-bond acceptors (Lipinski definition) is 5. The summed E-state index contributed by atoms with van der Waals surface area (Å²) in [6.07, 6.45) is 1.76. The van der Waals surface area contributed by atoms with Crippen molar-refractivity contribution in [3.8, 4) is 11.5 Å². The van der Waals surface area contributed by atoms with Gasteiger partial charge in [0.15, 0.2) is 11.5 Å².